The van der Waals surface area contributed by atoms with E-state index in [9.17, 15) is 5.11 Å². The molecule has 0 spiro atoms. The summed E-state index contributed by atoms with van der Waals surface area (Å²) in [6.07, 6.45) is 5.50. The predicted molar refractivity (Wildman–Crippen MR) is 78.1 cm³/mol. The van der Waals surface area contributed by atoms with E-state index in [4.69, 9.17) is 4.74 Å². The van der Waals surface area contributed by atoms with E-state index < -0.39 is 5.60 Å². The summed E-state index contributed by atoms with van der Waals surface area (Å²) in [6, 6.07) is 0.579. The van der Waals surface area contributed by atoms with Crippen molar-refractivity contribution in [2.45, 2.75) is 64.5 Å². The summed E-state index contributed by atoms with van der Waals surface area (Å²) < 4.78 is 5.35. The van der Waals surface area contributed by atoms with Crippen LogP contribution in [0.3, 0.4) is 0 Å². The Morgan fingerprint density at radius 3 is 2.58 bits per heavy atom. The SMILES string of the molecule is CC1CCC(C(C)C)C(NCC2(O)CCOCC2)C1. The zero-order chi connectivity index (χ0) is 13.9. The van der Waals surface area contributed by atoms with Crippen LogP contribution in [-0.2, 0) is 4.74 Å². The molecule has 1 saturated carbocycles. The lowest BCUT2D eigenvalue weighted by Crippen LogP contribution is -2.51. The molecule has 3 atom stereocenters. The van der Waals surface area contributed by atoms with Crippen LogP contribution in [-0.4, -0.2) is 36.5 Å². The van der Waals surface area contributed by atoms with Gasteiger partial charge >= 0.3 is 0 Å². The molecule has 0 aromatic rings. The third kappa shape index (κ3) is 4.17. The van der Waals surface area contributed by atoms with Crippen molar-refractivity contribution >= 4 is 0 Å². The summed E-state index contributed by atoms with van der Waals surface area (Å²) in [7, 11) is 0. The topological polar surface area (TPSA) is 41.5 Å². The van der Waals surface area contributed by atoms with Crippen LogP contribution in [0.2, 0.25) is 0 Å². The maximum atomic E-state index is 10.6. The van der Waals surface area contributed by atoms with Gasteiger partial charge in [0, 0.05) is 38.6 Å². The molecule has 3 nitrogen and oxygen atoms in total. The largest absolute Gasteiger partial charge is 0.388 e. The van der Waals surface area contributed by atoms with Crippen LogP contribution < -0.4 is 5.32 Å². The standard InChI is InChI=1S/C16H31NO2/c1-12(2)14-5-4-13(3)10-15(14)17-11-16(18)6-8-19-9-7-16/h12-15,17-18H,4-11H2,1-3H3. The Hall–Kier alpha value is -0.120. The van der Waals surface area contributed by atoms with Crippen molar-refractivity contribution in [1.82, 2.24) is 5.32 Å². The minimum atomic E-state index is -0.541. The molecule has 1 saturated heterocycles. The van der Waals surface area contributed by atoms with Crippen molar-refractivity contribution in [3.05, 3.63) is 0 Å². The first-order valence-corrected chi connectivity index (χ1v) is 8.04. The van der Waals surface area contributed by atoms with Gasteiger partial charge in [-0.3, -0.25) is 0 Å². The van der Waals surface area contributed by atoms with Crippen molar-refractivity contribution in [2.75, 3.05) is 19.8 Å². The molecule has 2 aliphatic rings. The first kappa shape index (κ1) is 15.3. The highest BCUT2D eigenvalue weighted by Gasteiger charge is 2.34. The Kier molecular flexibility index (Phi) is 5.27. The van der Waals surface area contributed by atoms with E-state index in [1.165, 1.54) is 19.3 Å². The number of rotatable bonds is 4. The zero-order valence-corrected chi connectivity index (χ0v) is 12.8. The lowest BCUT2D eigenvalue weighted by molar-refractivity contribution is -0.0648. The summed E-state index contributed by atoms with van der Waals surface area (Å²) in [5.41, 5.74) is -0.541. The lowest BCUT2D eigenvalue weighted by atomic mass is 9.74. The van der Waals surface area contributed by atoms with E-state index in [1.54, 1.807) is 0 Å². The van der Waals surface area contributed by atoms with Crippen LogP contribution >= 0.6 is 0 Å². The Morgan fingerprint density at radius 2 is 1.95 bits per heavy atom. The van der Waals surface area contributed by atoms with Gasteiger partial charge in [0.05, 0.1) is 5.60 Å². The normalized spacial score (nSPS) is 35.5. The first-order valence-electron chi connectivity index (χ1n) is 8.04. The molecule has 19 heavy (non-hydrogen) atoms. The molecule has 2 fully saturated rings. The molecule has 2 rings (SSSR count). The van der Waals surface area contributed by atoms with Crippen LogP contribution in [0.4, 0.5) is 0 Å². The van der Waals surface area contributed by atoms with Gasteiger partial charge < -0.3 is 15.2 Å². The van der Waals surface area contributed by atoms with Gasteiger partial charge in [0.2, 0.25) is 0 Å². The molecule has 0 bridgehead atoms. The third-order valence-electron chi connectivity index (χ3n) is 5.14. The van der Waals surface area contributed by atoms with Crippen molar-refractivity contribution in [3.63, 3.8) is 0 Å². The fraction of sp³-hybridized carbons (Fsp3) is 1.00. The van der Waals surface area contributed by atoms with Crippen LogP contribution in [0.1, 0.15) is 52.9 Å². The summed E-state index contributed by atoms with van der Waals surface area (Å²) >= 11 is 0. The Bertz CT molecular complexity index is 274. The highest BCUT2D eigenvalue weighted by atomic mass is 16.5. The molecule has 3 unspecified atom stereocenters. The van der Waals surface area contributed by atoms with Crippen molar-refractivity contribution in [3.8, 4) is 0 Å². The monoisotopic (exact) mass is 269 g/mol. The molecule has 112 valence electrons. The number of nitrogens with one attached hydrogen (secondary N) is 1. The highest BCUT2D eigenvalue weighted by Crippen LogP contribution is 2.34. The molecule has 1 heterocycles. The number of hydrogen-bond acceptors (Lipinski definition) is 3. The molecule has 0 amide bonds. The van der Waals surface area contributed by atoms with Crippen molar-refractivity contribution in [2.24, 2.45) is 17.8 Å². The van der Waals surface area contributed by atoms with E-state index in [-0.39, 0.29) is 0 Å². The molecule has 3 heteroatoms. The smallest absolute Gasteiger partial charge is 0.0815 e. The molecular formula is C16H31NO2. The molecule has 1 aliphatic heterocycles. The van der Waals surface area contributed by atoms with Crippen LogP contribution in [0.25, 0.3) is 0 Å². The van der Waals surface area contributed by atoms with Gasteiger partial charge in [-0.05, 0) is 30.6 Å². The highest BCUT2D eigenvalue weighted by molar-refractivity contribution is 4.90. The second-order valence-corrected chi connectivity index (χ2v) is 7.15. The predicted octanol–water partition coefficient (Wildman–Crippen LogP) is 2.58. The summed E-state index contributed by atoms with van der Waals surface area (Å²) in [5.74, 6) is 2.31. The molecule has 1 aliphatic carbocycles. The van der Waals surface area contributed by atoms with Crippen LogP contribution in [0, 0.1) is 17.8 Å². The molecule has 2 N–H and O–H groups in total. The minimum Gasteiger partial charge on any atom is -0.388 e. The number of hydrogen-bond donors (Lipinski definition) is 2. The van der Waals surface area contributed by atoms with E-state index in [1.807, 2.05) is 0 Å². The van der Waals surface area contributed by atoms with E-state index >= 15 is 0 Å². The summed E-state index contributed by atoms with van der Waals surface area (Å²) in [6.45, 7) is 9.15. The first-order chi connectivity index (χ1) is 9.00. The Labute approximate surface area is 118 Å². The third-order valence-corrected chi connectivity index (χ3v) is 5.14. The number of ether oxygens (including phenoxy) is 1. The molecule has 0 aromatic carbocycles. The second-order valence-electron chi connectivity index (χ2n) is 7.15. The van der Waals surface area contributed by atoms with E-state index in [0.29, 0.717) is 19.3 Å². The van der Waals surface area contributed by atoms with Crippen molar-refractivity contribution < 1.29 is 9.84 Å². The summed E-state index contributed by atoms with van der Waals surface area (Å²) in [4.78, 5) is 0. The quantitative estimate of drug-likeness (QED) is 0.824. The van der Waals surface area contributed by atoms with Gasteiger partial charge in [-0.2, -0.15) is 0 Å². The van der Waals surface area contributed by atoms with Gasteiger partial charge in [0.15, 0.2) is 0 Å². The zero-order valence-electron chi connectivity index (χ0n) is 12.8. The lowest BCUT2D eigenvalue weighted by Gasteiger charge is -2.40. The van der Waals surface area contributed by atoms with E-state index in [0.717, 1.165) is 37.1 Å². The van der Waals surface area contributed by atoms with Gasteiger partial charge in [-0.1, -0.05) is 27.2 Å². The molecule has 0 radical (unpaired) electrons. The van der Waals surface area contributed by atoms with Crippen LogP contribution in [0.5, 0.6) is 0 Å². The average Bonchev–Trinajstić information content (AvgIpc) is 2.37. The molecular weight excluding hydrogens is 238 g/mol. The van der Waals surface area contributed by atoms with Gasteiger partial charge in [0.1, 0.15) is 0 Å². The number of aliphatic hydroxyl groups is 1. The summed E-state index contributed by atoms with van der Waals surface area (Å²) in [5, 5.41) is 14.2. The van der Waals surface area contributed by atoms with Crippen molar-refractivity contribution in [1.29, 1.82) is 0 Å². The Morgan fingerprint density at radius 1 is 1.26 bits per heavy atom. The maximum Gasteiger partial charge on any atom is 0.0815 e. The maximum absolute atomic E-state index is 10.6. The average molecular weight is 269 g/mol. The Balaban J connectivity index is 1.87. The second kappa shape index (κ2) is 6.55. The molecule has 0 aromatic heterocycles. The fourth-order valence-electron chi connectivity index (χ4n) is 3.69. The minimum absolute atomic E-state index is 0.541. The van der Waals surface area contributed by atoms with E-state index in [2.05, 4.69) is 26.1 Å². The van der Waals surface area contributed by atoms with Gasteiger partial charge in [-0.25, -0.2) is 0 Å². The van der Waals surface area contributed by atoms with Gasteiger partial charge in [0.25, 0.3) is 0 Å². The van der Waals surface area contributed by atoms with Crippen LogP contribution in [0.15, 0.2) is 0 Å². The van der Waals surface area contributed by atoms with Gasteiger partial charge in [-0.15, -0.1) is 0 Å². The fourth-order valence-corrected chi connectivity index (χ4v) is 3.69.